The molecule has 0 spiro atoms. The molecule has 1 atom stereocenters. The van der Waals surface area contributed by atoms with Crippen molar-refractivity contribution >= 4 is 22.2 Å². The molecule has 2 heterocycles. The maximum Gasteiger partial charge on any atom is 0.0456 e. The number of thiophene rings is 1. The van der Waals surface area contributed by atoms with Crippen LogP contribution in [0.4, 0.5) is 0 Å². The van der Waals surface area contributed by atoms with Crippen LogP contribution >= 0.6 is 11.3 Å². The number of nitrogens with one attached hydrogen (secondary N) is 1. The monoisotopic (exact) mass is 256 g/mol. The number of para-hydroxylation sites is 1. The van der Waals surface area contributed by atoms with Gasteiger partial charge in [0.2, 0.25) is 0 Å². The van der Waals surface area contributed by atoms with Crippen LogP contribution in [0.5, 0.6) is 0 Å². The maximum absolute atomic E-state index is 5.96. The molecule has 3 heteroatoms. The topological polar surface area (TPSA) is 41.8 Å². The van der Waals surface area contributed by atoms with Gasteiger partial charge in [-0.2, -0.15) is 0 Å². The highest BCUT2D eigenvalue weighted by atomic mass is 32.1. The van der Waals surface area contributed by atoms with Gasteiger partial charge in [0.1, 0.15) is 0 Å². The number of H-pyrrole nitrogens is 1. The molecule has 2 nitrogen and oxygen atoms in total. The van der Waals surface area contributed by atoms with Crippen molar-refractivity contribution in [1.82, 2.24) is 4.98 Å². The normalized spacial score (nSPS) is 12.9. The zero-order valence-corrected chi connectivity index (χ0v) is 10.9. The van der Waals surface area contributed by atoms with Gasteiger partial charge in [-0.25, -0.2) is 0 Å². The van der Waals surface area contributed by atoms with Crippen molar-refractivity contribution in [3.63, 3.8) is 0 Å². The van der Waals surface area contributed by atoms with Crippen molar-refractivity contribution < 1.29 is 0 Å². The Balaban J connectivity index is 1.96. The van der Waals surface area contributed by atoms with Gasteiger partial charge in [0.15, 0.2) is 0 Å². The Morgan fingerprint density at radius 2 is 2.06 bits per heavy atom. The second kappa shape index (κ2) is 4.96. The van der Waals surface area contributed by atoms with E-state index in [9.17, 15) is 0 Å². The van der Waals surface area contributed by atoms with E-state index in [1.165, 1.54) is 21.3 Å². The molecule has 1 aromatic carbocycles. The summed E-state index contributed by atoms with van der Waals surface area (Å²) >= 11 is 1.80. The van der Waals surface area contributed by atoms with Gasteiger partial charge < -0.3 is 10.7 Å². The Labute approximate surface area is 110 Å². The predicted octanol–water partition coefficient (Wildman–Crippen LogP) is 3.51. The first-order chi connectivity index (χ1) is 8.88. The van der Waals surface area contributed by atoms with E-state index in [4.69, 9.17) is 5.73 Å². The summed E-state index contributed by atoms with van der Waals surface area (Å²) in [6.45, 7) is 0.680. The Hall–Kier alpha value is -1.58. The molecule has 0 fully saturated rings. The molecule has 0 radical (unpaired) electrons. The lowest BCUT2D eigenvalue weighted by molar-refractivity contribution is 0.706. The first-order valence-corrected chi connectivity index (χ1v) is 7.05. The van der Waals surface area contributed by atoms with Crippen LogP contribution in [0.15, 0.2) is 48.0 Å². The van der Waals surface area contributed by atoms with E-state index in [0.29, 0.717) is 12.5 Å². The molecule has 3 aromatic rings. The van der Waals surface area contributed by atoms with E-state index in [2.05, 4.69) is 53.0 Å². The average Bonchev–Trinajstić information content (AvgIpc) is 3.05. The predicted molar refractivity (Wildman–Crippen MR) is 78.1 cm³/mol. The highest BCUT2D eigenvalue weighted by molar-refractivity contribution is 7.09. The Morgan fingerprint density at radius 1 is 1.17 bits per heavy atom. The molecule has 1 unspecified atom stereocenters. The molecule has 0 saturated heterocycles. The molecule has 0 saturated carbocycles. The van der Waals surface area contributed by atoms with Gasteiger partial charge in [-0.1, -0.05) is 24.3 Å². The van der Waals surface area contributed by atoms with E-state index < -0.39 is 0 Å². The molecule has 92 valence electrons. The fraction of sp³-hybridized carbons (Fsp3) is 0.200. The van der Waals surface area contributed by atoms with Gasteiger partial charge in [-0.3, -0.25) is 0 Å². The highest BCUT2D eigenvalue weighted by Gasteiger charge is 2.15. The molecule has 3 N–H and O–H groups in total. The number of aromatic nitrogens is 1. The Morgan fingerprint density at radius 3 is 2.83 bits per heavy atom. The van der Waals surface area contributed by atoms with Crippen LogP contribution in [0.3, 0.4) is 0 Å². The summed E-state index contributed by atoms with van der Waals surface area (Å²) < 4.78 is 0. The lowest BCUT2D eigenvalue weighted by Gasteiger charge is -2.13. The fourth-order valence-electron chi connectivity index (χ4n) is 2.42. The summed E-state index contributed by atoms with van der Waals surface area (Å²) in [5.41, 5.74) is 8.49. The van der Waals surface area contributed by atoms with Gasteiger partial charge >= 0.3 is 0 Å². The third-order valence-electron chi connectivity index (χ3n) is 3.37. The summed E-state index contributed by atoms with van der Waals surface area (Å²) in [6, 6.07) is 12.7. The van der Waals surface area contributed by atoms with Gasteiger partial charge in [0.05, 0.1) is 0 Å². The van der Waals surface area contributed by atoms with E-state index >= 15 is 0 Å². The molecule has 3 rings (SSSR count). The highest BCUT2D eigenvalue weighted by Crippen LogP contribution is 2.28. The first kappa shape index (κ1) is 11.5. The lowest BCUT2D eigenvalue weighted by Crippen LogP contribution is -2.14. The van der Waals surface area contributed by atoms with Crippen molar-refractivity contribution in [2.24, 2.45) is 5.73 Å². The molecule has 0 aliphatic heterocycles. The fourth-order valence-corrected chi connectivity index (χ4v) is 3.21. The van der Waals surface area contributed by atoms with Crippen LogP contribution in [0.1, 0.15) is 16.4 Å². The smallest absolute Gasteiger partial charge is 0.0456 e. The quantitative estimate of drug-likeness (QED) is 0.737. The molecular formula is C15H16N2S. The van der Waals surface area contributed by atoms with Gasteiger partial charge in [0, 0.05) is 27.9 Å². The first-order valence-electron chi connectivity index (χ1n) is 6.17. The molecule has 2 aromatic heterocycles. The van der Waals surface area contributed by atoms with E-state index in [-0.39, 0.29) is 0 Å². The number of hydrogen-bond donors (Lipinski definition) is 2. The summed E-state index contributed by atoms with van der Waals surface area (Å²) in [5, 5.41) is 3.42. The van der Waals surface area contributed by atoms with Crippen LogP contribution in [0, 0.1) is 0 Å². The van der Waals surface area contributed by atoms with Crippen LogP contribution in [-0.2, 0) is 6.42 Å². The van der Waals surface area contributed by atoms with Crippen LogP contribution < -0.4 is 5.73 Å². The van der Waals surface area contributed by atoms with Crippen molar-refractivity contribution in [1.29, 1.82) is 0 Å². The van der Waals surface area contributed by atoms with Crippen molar-refractivity contribution in [2.75, 3.05) is 6.54 Å². The van der Waals surface area contributed by atoms with Gasteiger partial charge in [-0.15, -0.1) is 11.3 Å². The summed E-state index contributed by atoms with van der Waals surface area (Å²) in [7, 11) is 0. The third-order valence-corrected chi connectivity index (χ3v) is 4.27. The summed E-state index contributed by atoms with van der Waals surface area (Å²) in [5.74, 6) is 0.389. The summed E-state index contributed by atoms with van der Waals surface area (Å²) in [6.07, 6.45) is 3.13. The van der Waals surface area contributed by atoms with Gasteiger partial charge in [0.25, 0.3) is 0 Å². The molecule has 0 aliphatic rings. The molecule has 18 heavy (non-hydrogen) atoms. The minimum Gasteiger partial charge on any atom is -0.361 e. The number of aromatic amines is 1. The SMILES string of the molecule is NCC(Cc1cccs1)c1c[nH]c2ccccc12. The molecule has 0 amide bonds. The largest absolute Gasteiger partial charge is 0.361 e. The standard InChI is InChI=1S/C15H16N2S/c16-9-11(8-12-4-3-7-18-12)14-10-17-15-6-2-1-5-13(14)15/h1-7,10-11,17H,8-9,16H2. The van der Waals surface area contributed by atoms with Gasteiger partial charge in [-0.05, 0) is 36.0 Å². The minimum atomic E-state index is 0.389. The minimum absolute atomic E-state index is 0.389. The number of nitrogens with two attached hydrogens (primary N) is 1. The molecule has 0 bridgehead atoms. The maximum atomic E-state index is 5.96. The Bertz CT molecular complexity index is 625. The average molecular weight is 256 g/mol. The van der Waals surface area contributed by atoms with Crippen LogP contribution in [-0.4, -0.2) is 11.5 Å². The van der Waals surface area contributed by atoms with E-state index in [1.54, 1.807) is 11.3 Å². The molecule has 0 aliphatic carbocycles. The number of hydrogen-bond acceptors (Lipinski definition) is 2. The number of benzene rings is 1. The number of fused-ring (bicyclic) bond motifs is 1. The van der Waals surface area contributed by atoms with E-state index in [1.807, 2.05) is 0 Å². The summed E-state index contributed by atoms with van der Waals surface area (Å²) in [4.78, 5) is 4.73. The second-order valence-electron chi connectivity index (χ2n) is 4.51. The van der Waals surface area contributed by atoms with Crippen LogP contribution in [0.2, 0.25) is 0 Å². The zero-order chi connectivity index (χ0) is 12.4. The second-order valence-corrected chi connectivity index (χ2v) is 5.54. The number of rotatable bonds is 4. The van der Waals surface area contributed by atoms with Crippen molar-refractivity contribution in [3.05, 3.63) is 58.4 Å². The zero-order valence-electron chi connectivity index (χ0n) is 10.1. The third kappa shape index (κ3) is 2.07. The lowest BCUT2D eigenvalue weighted by atomic mass is 9.95. The Kier molecular flexibility index (Phi) is 3.17. The van der Waals surface area contributed by atoms with E-state index in [0.717, 1.165) is 6.42 Å². The molecular weight excluding hydrogens is 240 g/mol. The van der Waals surface area contributed by atoms with Crippen molar-refractivity contribution in [2.45, 2.75) is 12.3 Å². The van der Waals surface area contributed by atoms with Crippen LogP contribution in [0.25, 0.3) is 10.9 Å². The van der Waals surface area contributed by atoms with Crippen molar-refractivity contribution in [3.8, 4) is 0 Å².